The average molecular weight is 267 g/mol. The van der Waals surface area contributed by atoms with Gasteiger partial charge in [0.25, 0.3) is 5.91 Å². The first-order valence-corrected chi connectivity index (χ1v) is 7.56. The van der Waals surface area contributed by atoms with Gasteiger partial charge in [-0.25, -0.2) is 4.98 Å². The van der Waals surface area contributed by atoms with Crippen molar-refractivity contribution in [2.45, 2.75) is 19.8 Å². The number of pyridine rings is 1. The van der Waals surface area contributed by atoms with Crippen LogP contribution in [0.2, 0.25) is 0 Å². The molecule has 0 fully saturated rings. The molecular formula is C13H21N3OS. The summed E-state index contributed by atoms with van der Waals surface area (Å²) in [5, 5.41) is 5.90. The zero-order valence-electron chi connectivity index (χ0n) is 11.2. The molecule has 0 saturated carbocycles. The van der Waals surface area contributed by atoms with Gasteiger partial charge in [0.15, 0.2) is 0 Å². The molecule has 0 spiro atoms. The third-order valence-corrected chi connectivity index (χ3v) is 3.11. The Hall–Kier alpha value is -1.23. The lowest BCUT2D eigenvalue weighted by atomic mass is 10.1. The molecule has 0 bridgehead atoms. The number of nitrogens with one attached hydrogen (secondary N) is 2. The SMILES string of the molecule is CCCc1cc(C(=O)NCCSC)cc(NC)n1. The van der Waals surface area contributed by atoms with Crippen LogP contribution in [0.3, 0.4) is 0 Å². The van der Waals surface area contributed by atoms with Crippen LogP contribution in [0, 0.1) is 0 Å². The van der Waals surface area contributed by atoms with Crippen LogP contribution in [0.25, 0.3) is 0 Å². The molecule has 18 heavy (non-hydrogen) atoms. The Balaban J connectivity index is 2.79. The van der Waals surface area contributed by atoms with Gasteiger partial charge in [-0.15, -0.1) is 0 Å². The standard InChI is InChI=1S/C13H21N3OS/c1-4-5-11-8-10(9-12(14-2)16-11)13(17)15-6-7-18-3/h8-9H,4-7H2,1-3H3,(H,14,16)(H,15,17). The zero-order valence-corrected chi connectivity index (χ0v) is 12.1. The Morgan fingerprint density at radius 2 is 2.22 bits per heavy atom. The Morgan fingerprint density at radius 3 is 2.83 bits per heavy atom. The number of thioether (sulfide) groups is 1. The molecule has 1 amide bonds. The Kier molecular flexibility index (Phi) is 6.57. The van der Waals surface area contributed by atoms with Gasteiger partial charge in [-0.2, -0.15) is 11.8 Å². The van der Waals surface area contributed by atoms with Crippen LogP contribution in [-0.4, -0.2) is 36.5 Å². The first-order chi connectivity index (χ1) is 8.71. The van der Waals surface area contributed by atoms with E-state index in [0.717, 1.165) is 30.1 Å². The van der Waals surface area contributed by atoms with Crippen LogP contribution in [0.15, 0.2) is 12.1 Å². The van der Waals surface area contributed by atoms with Crippen molar-refractivity contribution in [3.8, 4) is 0 Å². The fourth-order valence-corrected chi connectivity index (χ4v) is 1.91. The molecule has 100 valence electrons. The van der Waals surface area contributed by atoms with E-state index >= 15 is 0 Å². The second-order valence-electron chi connectivity index (χ2n) is 3.98. The summed E-state index contributed by atoms with van der Waals surface area (Å²) in [5.41, 5.74) is 1.64. The van der Waals surface area contributed by atoms with Gasteiger partial charge in [0.2, 0.25) is 0 Å². The monoisotopic (exact) mass is 267 g/mol. The van der Waals surface area contributed by atoms with E-state index in [4.69, 9.17) is 0 Å². The number of aromatic nitrogens is 1. The molecule has 2 N–H and O–H groups in total. The van der Waals surface area contributed by atoms with Crippen LogP contribution in [0.5, 0.6) is 0 Å². The van der Waals surface area contributed by atoms with Crippen LogP contribution < -0.4 is 10.6 Å². The number of carbonyl (C=O) groups is 1. The van der Waals surface area contributed by atoms with Crippen LogP contribution in [-0.2, 0) is 6.42 Å². The van der Waals surface area contributed by atoms with Crippen LogP contribution >= 0.6 is 11.8 Å². The minimum atomic E-state index is -0.0275. The molecule has 0 aromatic carbocycles. The summed E-state index contributed by atoms with van der Waals surface area (Å²) in [7, 11) is 1.81. The van der Waals surface area contributed by atoms with Crippen molar-refractivity contribution in [1.29, 1.82) is 0 Å². The van der Waals surface area contributed by atoms with E-state index in [9.17, 15) is 4.79 Å². The maximum absolute atomic E-state index is 12.0. The normalized spacial score (nSPS) is 10.2. The minimum absolute atomic E-state index is 0.0275. The second kappa shape index (κ2) is 7.97. The smallest absolute Gasteiger partial charge is 0.251 e. The predicted molar refractivity (Wildman–Crippen MR) is 78.5 cm³/mol. The van der Waals surface area contributed by atoms with Gasteiger partial charge in [-0.05, 0) is 24.8 Å². The summed E-state index contributed by atoms with van der Waals surface area (Å²) in [4.78, 5) is 16.4. The molecule has 0 unspecified atom stereocenters. The van der Waals surface area contributed by atoms with E-state index in [1.807, 2.05) is 19.4 Å². The number of hydrogen-bond acceptors (Lipinski definition) is 4. The number of hydrogen-bond donors (Lipinski definition) is 2. The Labute approximate surface area is 113 Å². The minimum Gasteiger partial charge on any atom is -0.373 e. The van der Waals surface area contributed by atoms with Gasteiger partial charge in [0, 0.05) is 30.6 Å². The maximum atomic E-state index is 12.0. The van der Waals surface area contributed by atoms with Gasteiger partial charge >= 0.3 is 0 Å². The molecule has 0 aliphatic heterocycles. The summed E-state index contributed by atoms with van der Waals surface area (Å²) in [6.07, 6.45) is 3.94. The fraction of sp³-hybridized carbons (Fsp3) is 0.538. The van der Waals surface area contributed by atoms with E-state index in [-0.39, 0.29) is 5.91 Å². The van der Waals surface area contributed by atoms with Crippen LogP contribution in [0.4, 0.5) is 5.82 Å². The molecule has 0 atom stereocenters. The van der Waals surface area contributed by atoms with Crippen molar-refractivity contribution in [3.05, 3.63) is 23.4 Å². The Bertz CT molecular complexity index is 396. The van der Waals surface area contributed by atoms with Crippen molar-refractivity contribution < 1.29 is 4.79 Å². The highest BCUT2D eigenvalue weighted by atomic mass is 32.2. The van der Waals surface area contributed by atoms with Crippen LogP contribution in [0.1, 0.15) is 29.4 Å². The van der Waals surface area contributed by atoms with E-state index < -0.39 is 0 Å². The number of rotatable bonds is 7. The highest BCUT2D eigenvalue weighted by Gasteiger charge is 2.08. The predicted octanol–water partition coefficient (Wildman–Crippen LogP) is 2.17. The number of carbonyl (C=O) groups excluding carboxylic acids is 1. The van der Waals surface area contributed by atoms with E-state index in [1.165, 1.54) is 0 Å². The van der Waals surface area contributed by atoms with Crippen molar-refractivity contribution in [1.82, 2.24) is 10.3 Å². The molecule has 1 heterocycles. The van der Waals surface area contributed by atoms with Gasteiger partial charge in [0.05, 0.1) is 0 Å². The van der Waals surface area contributed by atoms with Crippen molar-refractivity contribution >= 4 is 23.5 Å². The lowest BCUT2D eigenvalue weighted by molar-refractivity contribution is 0.0956. The van der Waals surface area contributed by atoms with E-state index in [0.29, 0.717) is 12.1 Å². The van der Waals surface area contributed by atoms with E-state index in [2.05, 4.69) is 22.5 Å². The number of anilines is 1. The summed E-state index contributed by atoms with van der Waals surface area (Å²) in [6.45, 7) is 2.80. The highest BCUT2D eigenvalue weighted by Crippen LogP contribution is 2.11. The molecule has 0 aliphatic rings. The van der Waals surface area contributed by atoms with Gasteiger partial charge in [-0.3, -0.25) is 4.79 Å². The maximum Gasteiger partial charge on any atom is 0.251 e. The lowest BCUT2D eigenvalue weighted by Crippen LogP contribution is -2.26. The third kappa shape index (κ3) is 4.56. The fourth-order valence-electron chi connectivity index (χ4n) is 1.60. The summed E-state index contributed by atoms with van der Waals surface area (Å²) >= 11 is 1.72. The van der Waals surface area contributed by atoms with Crippen molar-refractivity contribution in [2.24, 2.45) is 0 Å². The Morgan fingerprint density at radius 1 is 1.44 bits per heavy atom. The van der Waals surface area contributed by atoms with Gasteiger partial charge in [0.1, 0.15) is 5.82 Å². The molecule has 0 saturated heterocycles. The quantitative estimate of drug-likeness (QED) is 0.743. The van der Waals surface area contributed by atoms with Gasteiger partial charge < -0.3 is 10.6 Å². The molecule has 5 heteroatoms. The van der Waals surface area contributed by atoms with E-state index in [1.54, 1.807) is 17.8 Å². The zero-order chi connectivity index (χ0) is 13.4. The first kappa shape index (κ1) is 14.8. The number of aryl methyl sites for hydroxylation is 1. The topological polar surface area (TPSA) is 54.0 Å². The number of nitrogens with zero attached hydrogens (tertiary/aromatic N) is 1. The summed E-state index contributed by atoms with van der Waals surface area (Å²) < 4.78 is 0. The summed E-state index contributed by atoms with van der Waals surface area (Å²) in [6, 6.07) is 3.66. The number of amides is 1. The average Bonchev–Trinajstić information content (AvgIpc) is 2.39. The highest BCUT2D eigenvalue weighted by molar-refractivity contribution is 7.98. The second-order valence-corrected chi connectivity index (χ2v) is 4.97. The van der Waals surface area contributed by atoms with Crippen molar-refractivity contribution in [2.75, 3.05) is 30.9 Å². The molecule has 1 aromatic rings. The third-order valence-electron chi connectivity index (χ3n) is 2.49. The molecule has 1 aromatic heterocycles. The molecular weight excluding hydrogens is 246 g/mol. The van der Waals surface area contributed by atoms with Crippen molar-refractivity contribution in [3.63, 3.8) is 0 Å². The summed E-state index contributed by atoms with van der Waals surface area (Å²) in [5.74, 6) is 1.65. The molecule has 0 radical (unpaired) electrons. The molecule has 0 aliphatic carbocycles. The first-order valence-electron chi connectivity index (χ1n) is 6.17. The lowest BCUT2D eigenvalue weighted by Gasteiger charge is -2.08. The van der Waals surface area contributed by atoms with Gasteiger partial charge in [-0.1, -0.05) is 13.3 Å². The largest absolute Gasteiger partial charge is 0.373 e. The molecule has 1 rings (SSSR count). The molecule has 4 nitrogen and oxygen atoms in total.